The zero-order valence-corrected chi connectivity index (χ0v) is 10.6. The Hall–Kier alpha value is -1.37. The molecule has 1 aromatic carbocycles. The van der Waals surface area contributed by atoms with Crippen LogP contribution in [0.15, 0.2) is 24.3 Å². The highest BCUT2D eigenvalue weighted by Crippen LogP contribution is 2.16. The number of hydrogen-bond donors (Lipinski definition) is 2. The summed E-state index contributed by atoms with van der Waals surface area (Å²) in [6.45, 7) is 6.32. The van der Waals surface area contributed by atoms with Crippen molar-refractivity contribution in [1.82, 2.24) is 5.32 Å². The summed E-state index contributed by atoms with van der Waals surface area (Å²) >= 11 is 0. The van der Waals surface area contributed by atoms with Gasteiger partial charge < -0.3 is 10.4 Å². The third-order valence-electron chi connectivity index (χ3n) is 2.98. The molecule has 0 saturated heterocycles. The van der Waals surface area contributed by atoms with E-state index in [4.69, 9.17) is 5.26 Å². The van der Waals surface area contributed by atoms with E-state index in [2.05, 4.69) is 25.2 Å². The number of nitrogens with zero attached hydrogens (tertiary/aromatic N) is 1. The molecule has 0 aromatic heterocycles. The van der Waals surface area contributed by atoms with Crippen LogP contribution in [0.5, 0.6) is 0 Å². The van der Waals surface area contributed by atoms with Crippen LogP contribution < -0.4 is 5.32 Å². The van der Waals surface area contributed by atoms with Crippen LogP contribution in [0.25, 0.3) is 0 Å². The summed E-state index contributed by atoms with van der Waals surface area (Å²) in [5.74, 6) is 0.376. The van der Waals surface area contributed by atoms with Crippen LogP contribution in [0.3, 0.4) is 0 Å². The Bertz CT molecular complexity index is 395. The summed E-state index contributed by atoms with van der Waals surface area (Å²) in [5.41, 5.74) is 1.74. The Kier molecular flexibility index (Phi) is 5.14. The van der Waals surface area contributed by atoms with Crippen molar-refractivity contribution < 1.29 is 5.11 Å². The van der Waals surface area contributed by atoms with Gasteiger partial charge in [-0.1, -0.05) is 26.0 Å². The largest absolute Gasteiger partial charge is 0.395 e. The minimum Gasteiger partial charge on any atom is -0.395 e. The molecule has 0 fully saturated rings. The second-order valence-corrected chi connectivity index (χ2v) is 4.66. The van der Waals surface area contributed by atoms with Crippen molar-refractivity contribution in [1.29, 1.82) is 5.26 Å². The van der Waals surface area contributed by atoms with Crippen molar-refractivity contribution in [3.05, 3.63) is 35.4 Å². The van der Waals surface area contributed by atoms with E-state index in [0.717, 1.165) is 5.56 Å². The summed E-state index contributed by atoms with van der Waals surface area (Å²) in [5, 5.41) is 21.5. The second-order valence-electron chi connectivity index (χ2n) is 4.66. The van der Waals surface area contributed by atoms with Crippen molar-refractivity contribution >= 4 is 0 Å². The predicted molar refractivity (Wildman–Crippen MR) is 68.4 cm³/mol. The van der Waals surface area contributed by atoms with Crippen LogP contribution in [0.1, 0.15) is 37.9 Å². The molecule has 1 unspecified atom stereocenters. The van der Waals surface area contributed by atoms with E-state index in [0.29, 0.717) is 11.5 Å². The summed E-state index contributed by atoms with van der Waals surface area (Å²) < 4.78 is 0. The van der Waals surface area contributed by atoms with Crippen molar-refractivity contribution in [3.8, 4) is 6.07 Å². The lowest BCUT2D eigenvalue weighted by molar-refractivity contribution is 0.201. The maximum atomic E-state index is 9.28. The molecule has 0 bridgehead atoms. The SMILES string of the molecule is CC(N[C@H](CO)C(C)C)c1cccc(C#N)c1. The standard InChI is InChI=1S/C14H20N2O/c1-10(2)14(9-17)16-11(3)13-6-4-5-12(7-13)8-15/h4-7,10-11,14,16-17H,9H2,1-3H3/t11?,14-/m1/s1. The zero-order chi connectivity index (χ0) is 12.8. The maximum absolute atomic E-state index is 9.28. The van der Waals surface area contributed by atoms with Gasteiger partial charge in [-0.25, -0.2) is 0 Å². The molecule has 0 aliphatic carbocycles. The van der Waals surface area contributed by atoms with Gasteiger partial charge in [-0.15, -0.1) is 0 Å². The van der Waals surface area contributed by atoms with Crippen LogP contribution in [-0.4, -0.2) is 17.8 Å². The van der Waals surface area contributed by atoms with Gasteiger partial charge in [-0.3, -0.25) is 0 Å². The van der Waals surface area contributed by atoms with Gasteiger partial charge >= 0.3 is 0 Å². The number of nitriles is 1. The van der Waals surface area contributed by atoms with Crippen LogP contribution in [0.4, 0.5) is 0 Å². The molecule has 0 amide bonds. The van der Waals surface area contributed by atoms with Crippen LogP contribution >= 0.6 is 0 Å². The molecule has 0 saturated carbocycles. The Balaban J connectivity index is 2.75. The minimum absolute atomic E-state index is 0.0794. The molecule has 3 nitrogen and oxygen atoms in total. The number of rotatable bonds is 5. The first-order valence-corrected chi connectivity index (χ1v) is 5.95. The number of hydrogen-bond acceptors (Lipinski definition) is 3. The van der Waals surface area contributed by atoms with E-state index >= 15 is 0 Å². The molecule has 0 aliphatic heterocycles. The molecule has 1 aromatic rings. The van der Waals surface area contributed by atoms with E-state index in [1.165, 1.54) is 0 Å². The molecular formula is C14H20N2O. The quantitative estimate of drug-likeness (QED) is 0.818. The molecule has 2 atom stereocenters. The first-order valence-electron chi connectivity index (χ1n) is 5.95. The van der Waals surface area contributed by atoms with Gasteiger partial charge in [0.1, 0.15) is 0 Å². The van der Waals surface area contributed by atoms with Gasteiger partial charge in [0.2, 0.25) is 0 Å². The molecule has 3 heteroatoms. The normalized spacial score (nSPS) is 14.4. The maximum Gasteiger partial charge on any atom is 0.0991 e. The molecular weight excluding hydrogens is 212 g/mol. The average Bonchev–Trinajstić information content (AvgIpc) is 2.35. The molecule has 0 spiro atoms. The Labute approximate surface area is 103 Å². The van der Waals surface area contributed by atoms with Gasteiger partial charge in [-0.2, -0.15) is 5.26 Å². The lowest BCUT2D eigenvalue weighted by Crippen LogP contribution is -2.38. The first-order chi connectivity index (χ1) is 8.08. The van der Waals surface area contributed by atoms with E-state index < -0.39 is 0 Å². The van der Waals surface area contributed by atoms with Crippen molar-refractivity contribution in [2.45, 2.75) is 32.9 Å². The number of benzene rings is 1. The van der Waals surface area contributed by atoms with Crippen molar-refractivity contribution in [2.24, 2.45) is 5.92 Å². The Morgan fingerprint density at radius 2 is 2.06 bits per heavy atom. The first kappa shape index (κ1) is 13.7. The molecule has 17 heavy (non-hydrogen) atoms. The van der Waals surface area contributed by atoms with Crippen molar-refractivity contribution in [3.63, 3.8) is 0 Å². The zero-order valence-electron chi connectivity index (χ0n) is 10.6. The third kappa shape index (κ3) is 3.85. The average molecular weight is 232 g/mol. The molecule has 0 aliphatic rings. The molecule has 1 rings (SSSR count). The van der Waals surface area contributed by atoms with Gasteiger partial charge in [0, 0.05) is 12.1 Å². The Morgan fingerprint density at radius 3 is 2.59 bits per heavy atom. The van der Waals surface area contributed by atoms with Gasteiger partial charge in [0.25, 0.3) is 0 Å². The van der Waals surface area contributed by atoms with E-state index in [-0.39, 0.29) is 18.7 Å². The van der Waals surface area contributed by atoms with Crippen molar-refractivity contribution in [2.75, 3.05) is 6.61 Å². The highest BCUT2D eigenvalue weighted by atomic mass is 16.3. The number of aliphatic hydroxyl groups excluding tert-OH is 1. The highest BCUT2D eigenvalue weighted by Gasteiger charge is 2.15. The number of nitrogens with one attached hydrogen (secondary N) is 1. The lowest BCUT2D eigenvalue weighted by atomic mass is 10.0. The van der Waals surface area contributed by atoms with Crippen LogP contribution in [0, 0.1) is 17.2 Å². The van der Waals surface area contributed by atoms with E-state index in [9.17, 15) is 5.11 Å². The van der Waals surface area contributed by atoms with Gasteiger partial charge in [0.15, 0.2) is 0 Å². The molecule has 0 radical (unpaired) electrons. The second kappa shape index (κ2) is 6.39. The molecule has 92 valence electrons. The summed E-state index contributed by atoms with van der Waals surface area (Å²) in [4.78, 5) is 0. The van der Waals surface area contributed by atoms with Crippen LogP contribution in [-0.2, 0) is 0 Å². The summed E-state index contributed by atoms with van der Waals surface area (Å²) in [7, 11) is 0. The fraction of sp³-hybridized carbons (Fsp3) is 0.500. The fourth-order valence-corrected chi connectivity index (χ4v) is 1.75. The smallest absolute Gasteiger partial charge is 0.0991 e. The molecule has 0 heterocycles. The Morgan fingerprint density at radius 1 is 1.35 bits per heavy atom. The van der Waals surface area contributed by atoms with E-state index in [1.54, 1.807) is 6.07 Å². The highest BCUT2D eigenvalue weighted by molar-refractivity contribution is 5.34. The molecule has 2 N–H and O–H groups in total. The minimum atomic E-state index is 0.0794. The fourth-order valence-electron chi connectivity index (χ4n) is 1.75. The van der Waals surface area contributed by atoms with Gasteiger partial charge in [-0.05, 0) is 30.5 Å². The van der Waals surface area contributed by atoms with E-state index in [1.807, 2.05) is 25.1 Å². The summed E-state index contributed by atoms with van der Waals surface area (Å²) in [6, 6.07) is 9.90. The van der Waals surface area contributed by atoms with Crippen LogP contribution in [0.2, 0.25) is 0 Å². The summed E-state index contributed by atoms with van der Waals surface area (Å²) in [6.07, 6.45) is 0. The predicted octanol–water partition coefficient (Wildman–Crippen LogP) is 2.23. The third-order valence-corrected chi connectivity index (χ3v) is 2.98. The lowest BCUT2D eigenvalue weighted by Gasteiger charge is -2.25. The monoisotopic (exact) mass is 232 g/mol. The van der Waals surface area contributed by atoms with Gasteiger partial charge in [0.05, 0.1) is 18.2 Å². The number of aliphatic hydroxyl groups is 1. The topological polar surface area (TPSA) is 56.0 Å².